The number of phenols is 1. The Morgan fingerprint density at radius 1 is 1.32 bits per heavy atom. The normalized spacial score (nSPS) is 19.2. The van der Waals surface area contributed by atoms with Gasteiger partial charge in [-0.1, -0.05) is 12.1 Å². The van der Waals surface area contributed by atoms with E-state index in [1.54, 1.807) is 12.1 Å². The third-order valence-corrected chi connectivity index (χ3v) is 3.67. The summed E-state index contributed by atoms with van der Waals surface area (Å²) >= 11 is 0. The van der Waals surface area contributed by atoms with E-state index in [1.807, 2.05) is 17.0 Å². The highest BCUT2D eigenvalue weighted by Crippen LogP contribution is 2.24. The number of carboxylic acids is 1. The van der Waals surface area contributed by atoms with E-state index in [0.29, 0.717) is 0 Å². The Morgan fingerprint density at radius 3 is 2.58 bits per heavy atom. The smallest absolute Gasteiger partial charge is 0.317 e. The molecule has 5 nitrogen and oxygen atoms in total. The van der Waals surface area contributed by atoms with Gasteiger partial charge in [-0.25, -0.2) is 0 Å². The number of benzene rings is 1. The molecular weight excluding hydrogens is 244 g/mol. The van der Waals surface area contributed by atoms with Crippen LogP contribution in [0, 0.1) is 0 Å². The first-order valence-corrected chi connectivity index (χ1v) is 6.53. The summed E-state index contributed by atoms with van der Waals surface area (Å²) in [5, 5.41) is 18.3. The second-order valence-corrected chi connectivity index (χ2v) is 4.98. The number of carbonyl (C=O) groups is 1. The number of phenolic OH excluding ortho intramolecular Hbond substituents is 1. The van der Waals surface area contributed by atoms with Crippen molar-refractivity contribution >= 4 is 5.97 Å². The Balaban J connectivity index is 1.92. The molecular formula is C14H20N2O3. The average molecular weight is 264 g/mol. The highest BCUT2D eigenvalue weighted by atomic mass is 16.4. The lowest BCUT2D eigenvalue weighted by atomic mass is 10.1. The number of hydrogen-bond acceptors (Lipinski definition) is 4. The van der Waals surface area contributed by atoms with Crippen LogP contribution in [0.1, 0.15) is 18.5 Å². The van der Waals surface area contributed by atoms with Gasteiger partial charge in [-0.15, -0.1) is 0 Å². The van der Waals surface area contributed by atoms with E-state index < -0.39 is 5.97 Å². The van der Waals surface area contributed by atoms with Crippen molar-refractivity contribution in [3.8, 4) is 5.75 Å². The van der Waals surface area contributed by atoms with Crippen molar-refractivity contribution in [3.63, 3.8) is 0 Å². The minimum Gasteiger partial charge on any atom is -0.508 e. The van der Waals surface area contributed by atoms with E-state index in [-0.39, 0.29) is 18.3 Å². The van der Waals surface area contributed by atoms with Gasteiger partial charge in [0.2, 0.25) is 0 Å². The lowest BCUT2D eigenvalue weighted by molar-refractivity contribution is -0.138. The van der Waals surface area contributed by atoms with Crippen LogP contribution in [0.4, 0.5) is 0 Å². The first kappa shape index (κ1) is 13.8. The third-order valence-electron chi connectivity index (χ3n) is 3.67. The van der Waals surface area contributed by atoms with Crippen molar-refractivity contribution in [1.29, 1.82) is 0 Å². The van der Waals surface area contributed by atoms with Crippen LogP contribution in [0.2, 0.25) is 0 Å². The Hall–Kier alpha value is -1.59. The van der Waals surface area contributed by atoms with Crippen molar-refractivity contribution in [2.75, 3.05) is 32.7 Å². The van der Waals surface area contributed by atoms with Crippen LogP contribution in [0.3, 0.4) is 0 Å². The SMILES string of the molecule is CC(c1cccc(O)c1)N1CCN(CC(=O)O)CC1. The first-order valence-electron chi connectivity index (χ1n) is 6.53. The number of aromatic hydroxyl groups is 1. The highest BCUT2D eigenvalue weighted by molar-refractivity contribution is 5.69. The summed E-state index contributed by atoms with van der Waals surface area (Å²) in [5.41, 5.74) is 1.09. The molecule has 1 heterocycles. The highest BCUT2D eigenvalue weighted by Gasteiger charge is 2.23. The molecule has 2 rings (SSSR count). The Morgan fingerprint density at radius 2 is 2.00 bits per heavy atom. The minimum atomic E-state index is -0.769. The Kier molecular flexibility index (Phi) is 4.39. The van der Waals surface area contributed by atoms with E-state index in [1.165, 1.54) is 0 Å². The quantitative estimate of drug-likeness (QED) is 0.854. The minimum absolute atomic E-state index is 0.119. The molecule has 1 aliphatic rings. The molecule has 104 valence electrons. The second-order valence-electron chi connectivity index (χ2n) is 4.98. The largest absolute Gasteiger partial charge is 0.508 e. The van der Waals surface area contributed by atoms with Crippen LogP contribution in [0.25, 0.3) is 0 Å². The number of aliphatic carboxylic acids is 1. The molecule has 0 radical (unpaired) electrons. The van der Waals surface area contributed by atoms with E-state index in [0.717, 1.165) is 31.7 Å². The molecule has 0 bridgehead atoms. The summed E-state index contributed by atoms with van der Waals surface area (Å²) in [6.45, 7) is 5.48. The van der Waals surface area contributed by atoms with Crippen LogP contribution in [0.5, 0.6) is 5.75 Å². The zero-order valence-electron chi connectivity index (χ0n) is 11.1. The molecule has 0 spiro atoms. The predicted molar refractivity (Wildman–Crippen MR) is 72.2 cm³/mol. The van der Waals surface area contributed by atoms with Gasteiger partial charge in [0, 0.05) is 32.2 Å². The summed E-state index contributed by atoms with van der Waals surface area (Å²) in [7, 11) is 0. The van der Waals surface area contributed by atoms with Crippen molar-refractivity contribution in [2.45, 2.75) is 13.0 Å². The van der Waals surface area contributed by atoms with Gasteiger partial charge in [-0.3, -0.25) is 14.6 Å². The topological polar surface area (TPSA) is 64.0 Å². The standard InChI is InChI=1S/C14H20N2O3/c1-11(12-3-2-4-13(17)9-12)16-7-5-15(6-8-16)10-14(18)19/h2-4,9,11,17H,5-8,10H2,1H3,(H,18,19). The fourth-order valence-corrected chi connectivity index (χ4v) is 2.50. The molecule has 1 atom stereocenters. The molecule has 0 saturated carbocycles. The van der Waals surface area contributed by atoms with Crippen LogP contribution in [0.15, 0.2) is 24.3 Å². The van der Waals surface area contributed by atoms with E-state index in [2.05, 4.69) is 11.8 Å². The molecule has 0 amide bonds. The maximum Gasteiger partial charge on any atom is 0.317 e. The van der Waals surface area contributed by atoms with Gasteiger partial charge in [0.15, 0.2) is 0 Å². The van der Waals surface area contributed by atoms with Gasteiger partial charge in [0.05, 0.1) is 6.54 Å². The van der Waals surface area contributed by atoms with Gasteiger partial charge in [0.1, 0.15) is 5.75 Å². The zero-order chi connectivity index (χ0) is 13.8. The van der Waals surface area contributed by atoms with E-state index in [9.17, 15) is 9.90 Å². The molecule has 0 aromatic heterocycles. The fraction of sp³-hybridized carbons (Fsp3) is 0.500. The molecule has 1 saturated heterocycles. The summed E-state index contributed by atoms with van der Waals surface area (Å²) in [4.78, 5) is 14.9. The van der Waals surface area contributed by atoms with Crippen LogP contribution in [-0.2, 0) is 4.79 Å². The average Bonchev–Trinajstić information content (AvgIpc) is 2.38. The second kappa shape index (κ2) is 6.04. The van der Waals surface area contributed by atoms with Gasteiger partial charge >= 0.3 is 5.97 Å². The van der Waals surface area contributed by atoms with Crippen molar-refractivity contribution in [3.05, 3.63) is 29.8 Å². The lowest BCUT2D eigenvalue weighted by Crippen LogP contribution is -2.48. The van der Waals surface area contributed by atoms with Gasteiger partial charge in [-0.05, 0) is 24.6 Å². The molecule has 19 heavy (non-hydrogen) atoms. The molecule has 2 N–H and O–H groups in total. The summed E-state index contributed by atoms with van der Waals surface area (Å²) < 4.78 is 0. The zero-order valence-corrected chi connectivity index (χ0v) is 11.1. The summed E-state index contributed by atoms with van der Waals surface area (Å²) in [5.74, 6) is -0.483. The number of rotatable bonds is 4. The molecule has 1 fully saturated rings. The van der Waals surface area contributed by atoms with E-state index >= 15 is 0 Å². The number of hydrogen-bond donors (Lipinski definition) is 2. The lowest BCUT2D eigenvalue weighted by Gasteiger charge is -2.37. The van der Waals surface area contributed by atoms with Gasteiger partial charge in [0.25, 0.3) is 0 Å². The fourth-order valence-electron chi connectivity index (χ4n) is 2.50. The molecule has 1 aromatic carbocycles. The van der Waals surface area contributed by atoms with Gasteiger partial charge < -0.3 is 10.2 Å². The maximum absolute atomic E-state index is 10.7. The monoisotopic (exact) mass is 264 g/mol. The van der Waals surface area contributed by atoms with Crippen LogP contribution < -0.4 is 0 Å². The molecule has 1 unspecified atom stereocenters. The first-order chi connectivity index (χ1) is 9.06. The summed E-state index contributed by atoms with van der Waals surface area (Å²) in [6, 6.07) is 7.55. The molecule has 5 heteroatoms. The van der Waals surface area contributed by atoms with Crippen LogP contribution in [-0.4, -0.2) is 58.7 Å². The third kappa shape index (κ3) is 3.68. The molecule has 0 aliphatic carbocycles. The van der Waals surface area contributed by atoms with Crippen molar-refractivity contribution in [1.82, 2.24) is 9.80 Å². The number of piperazine rings is 1. The Bertz CT molecular complexity index is 442. The Labute approximate surface area is 113 Å². The summed E-state index contributed by atoms with van der Waals surface area (Å²) in [6.07, 6.45) is 0. The van der Waals surface area contributed by atoms with Crippen molar-refractivity contribution < 1.29 is 15.0 Å². The predicted octanol–water partition coefficient (Wildman–Crippen LogP) is 1.16. The number of nitrogens with zero attached hydrogens (tertiary/aromatic N) is 2. The number of carboxylic acid groups (broad SMARTS) is 1. The maximum atomic E-state index is 10.7. The van der Waals surface area contributed by atoms with Gasteiger partial charge in [-0.2, -0.15) is 0 Å². The molecule has 1 aromatic rings. The van der Waals surface area contributed by atoms with E-state index in [4.69, 9.17) is 5.11 Å². The van der Waals surface area contributed by atoms with Crippen LogP contribution >= 0.6 is 0 Å². The van der Waals surface area contributed by atoms with Crippen molar-refractivity contribution in [2.24, 2.45) is 0 Å². The molecule has 1 aliphatic heterocycles.